The summed E-state index contributed by atoms with van der Waals surface area (Å²) in [5.74, 6) is 1.17. The molecule has 0 unspecified atom stereocenters. The monoisotopic (exact) mass is 345 g/mol. The quantitative estimate of drug-likeness (QED) is 0.717. The standard InChI is InChI=1S/C20H19N5O/c21-13-15-6-5-7-16(12-15)19-23-20(26-24-19)18-9-2-4-11-25(18)14-17-8-1-3-10-22-17/h1,3,5-8,10,12,18H,2,4,9,11,14H2/t18-/m1/s1. The van der Waals surface area contributed by atoms with Gasteiger partial charge in [0.1, 0.15) is 0 Å². The summed E-state index contributed by atoms with van der Waals surface area (Å²) in [6, 6.07) is 15.5. The highest BCUT2D eigenvalue weighted by Crippen LogP contribution is 2.32. The summed E-state index contributed by atoms with van der Waals surface area (Å²) in [4.78, 5) is 11.4. The van der Waals surface area contributed by atoms with Crippen molar-refractivity contribution in [3.8, 4) is 17.5 Å². The average Bonchev–Trinajstić information content (AvgIpc) is 3.19. The Morgan fingerprint density at radius 3 is 3.00 bits per heavy atom. The van der Waals surface area contributed by atoms with Gasteiger partial charge in [0.25, 0.3) is 0 Å². The third-order valence-electron chi connectivity index (χ3n) is 4.68. The number of rotatable bonds is 4. The zero-order chi connectivity index (χ0) is 17.8. The number of hydrogen-bond acceptors (Lipinski definition) is 6. The van der Waals surface area contributed by atoms with Gasteiger partial charge >= 0.3 is 0 Å². The van der Waals surface area contributed by atoms with E-state index in [1.54, 1.807) is 12.1 Å². The topological polar surface area (TPSA) is 78.8 Å². The minimum Gasteiger partial charge on any atom is -0.337 e. The molecule has 1 aromatic carbocycles. The zero-order valence-electron chi connectivity index (χ0n) is 14.4. The lowest BCUT2D eigenvalue weighted by Crippen LogP contribution is -2.33. The van der Waals surface area contributed by atoms with Crippen molar-refractivity contribution in [2.24, 2.45) is 0 Å². The Hall–Kier alpha value is -3.04. The minimum atomic E-state index is 0.103. The van der Waals surface area contributed by atoms with Crippen molar-refractivity contribution in [1.29, 1.82) is 5.26 Å². The summed E-state index contributed by atoms with van der Waals surface area (Å²) in [6.45, 7) is 1.76. The van der Waals surface area contributed by atoms with E-state index in [0.29, 0.717) is 17.3 Å². The predicted octanol–water partition coefficient (Wildman–Crippen LogP) is 3.73. The van der Waals surface area contributed by atoms with Gasteiger partial charge in [-0.2, -0.15) is 10.2 Å². The second kappa shape index (κ2) is 7.46. The summed E-state index contributed by atoms with van der Waals surface area (Å²) in [6.07, 6.45) is 5.12. The highest BCUT2D eigenvalue weighted by molar-refractivity contribution is 5.57. The molecule has 1 aliphatic heterocycles. The Balaban J connectivity index is 1.57. The van der Waals surface area contributed by atoms with Crippen LogP contribution in [0.3, 0.4) is 0 Å². The van der Waals surface area contributed by atoms with Crippen molar-refractivity contribution in [1.82, 2.24) is 20.0 Å². The Kier molecular flexibility index (Phi) is 4.71. The summed E-state index contributed by atoms with van der Waals surface area (Å²) < 4.78 is 5.59. The van der Waals surface area contributed by atoms with Gasteiger partial charge in [0.05, 0.1) is 23.4 Å². The fourth-order valence-electron chi connectivity index (χ4n) is 3.38. The first kappa shape index (κ1) is 16.4. The first-order valence-electron chi connectivity index (χ1n) is 8.81. The fourth-order valence-corrected chi connectivity index (χ4v) is 3.38. The number of piperidine rings is 1. The van der Waals surface area contributed by atoms with Gasteiger partial charge in [-0.25, -0.2) is 0 Å². The molecule has 130 valence electrons. The number of nitrogens with zero attached hydrogens (tertiary/aromatic N) is 5. The maximum Gasteiger partial charge on any atom is 0.244 e. The van der Waals surface area contributed by atoms with Crippen LogP contribution in [-0.2, 0) is 6.54 Å². The molecule has 1 saturated heterocycles. The number of aromatic nitrogens is 3. The van der Waals surface area contributed by atoms with Crippen LogP contribution in [0.1, 0.15) is 42.5 Å². The summed E-state index contributed by atoms with van der Waals surface area (Å²) in [5.41, 5.74) is 2.43. The van der Waals surface area contributed by atoms with Gasteiger partial charge in [-0.05, 0) is 43.7 Å². The Labute approximate surface area is 152 Å². The minimum absolute atomic E-state index is 0.103. The van der Waals surface area contributed by atoms with Crippen molar-refractivity contribution in [3.63, 3.8) is 0 Å². The average molecular weight is 345 g/mol. The molecule has 0 N–H and O–H groups in total. The van der Waals surface area contributed by atoms with Crippen molar-refractivity contribution in [2.75, 3.05) is 6.54 Å². The molecule has 3 heterocycles. The third-order valence-corrected chi connectivity index (χ3v) is 4.68. The molecule has 4 rings (SSSR count). The normalized spacial score (nSPS) is 17.7. The molecular formula is C20H19N5O. The molecule has 0 radical (unpaired) electrons. The summed E-state index contributed by atoms with van der Waals surface area (Å²) in [7, 11) is 0. The molecule has 26 heavy (non-hydrogen) atoms. The first-order chi connectivity index (χ1) is 12.8. The van der Waals surface area contributed by atoms with Gasteiger partial charge in [-0.1, -0.05) is 29.8 Å². The first-order valence-corrected chi connectivity index (χ1v) is 8.81. The highest BCUT2D eigenvalue weighted by atomic mass is 16.5. The van der Waals surface area contributed by atoms with E-state index in [9.17, 15) is 0 Å². The molecule has 0 saturated carbocycles. The second-order valence-electron chi connectivity index (χ2n) is 6.45. The number of benzene rings is 1. The highest BCUT2D eigenvalue weighted by Gasteiger charge is 2.29. The van der Waals surface area contributed by atoms with E-state index in [-0.39, 0.29) is 6.04 Å². The smallest absolute Gasteiger partial charge is 0.244 e. The van der Waals surface area contributed by atoms with E-state index in [1.807, 2.05) is 36.5 Å². The van der Waals surface area contributed by atoms with Crippen LogP contribution in [0.25, 0.3) is 11.4 Å². The van der Waals surface area contributed by atoms with E-state index < -0.39 is 0 Å². The van der Waals surface area contributed by atoms with Gasteiger partial charge in [-0.15, -0.1) is 0 Å². The molecule has 0 aliphatic carbocycles. The SMILES string of the molecule is N#Cc1cccc(-c2noc([C@H]3CCCCN3Cc3ccccn3)n2)c1. The molecular weight excluding hydrogens is 326 g/mol. The molecule has 6 nitrogen and oxygen atoms in total. The third kappa shape index (κ3) is 3.48. The van der Waals surface area contributed by atoms with Crippen LogP contribution >= 0.6 is 0 Å². The van der Waals surface area contributed by atoms with Crippen molar-refractivity contribution in [3.05, 3.63) is 65.8 Å². The van der Waals surface area contributed by atoms with E-state index in [2.05, 4.69) is 26.1 Å². The summed E-state index contributed by atoms with van der Waals surface area (Å²) in [5, 5.41) is 13.2. The molecule has 6 heteroatoms. The largest absolute Gasteiger partial charge is 0.337 e. The van der Waals surface area contributed by atoms with E-state index in [1.165, 1.54) is 0 Å². The lowest BCUT2D eigenvalue weighted by atomic mass is 10.0. The van der Waals surface area contributed by atoms with Crippen LogP contribution in [0, 0.1) is 11.3 Å². The van der Waals surface area contributed by atoms with E-state index in [4.69, 9.17) is 9.78 Å². The van der Waals surface area contributed by atoms with Crippen molar-refractivity contribution >= 4 is 0 Å². The number of nitriles is 1. The van der Waals surface area contributed by atoms with Gasteiger partial charge in [0.15, 0.2) is 0 Å². The lowest BCUT2D eigenvalue weighted by Gasteiger charge is -2.32. The number of likely N-dealkylation sites (tertiary alicyclic amines) is 1. The molecule has 0 amide bonds. The summed E-state index contributed by atoms with van der Waals surface area (Å²) >= 11 is 0. The van der Waals surface area contributed by atoms with Gasteiger partial charge in [0.2, 0.25) is 11.7 Å². The van der Waals surface area contributed by atoms with E-state index in [0.717, 1.165) is 43.6 Å². The molecule has 3 aromatic rings. The Morgan fingerprint density at radius 1 is 1.19 bits per heavy atom. The molecule has 1 atom stereocenters. The maximum absolute atomic E-state index is 9.07. The molecule has 2 aromatic heterocycles. The van der Waals surface area contributed by atoms with Crippen molar-refractivity contribution < 1.29 is 4.52 Å². The van der Waals surface area contributed by atoms with Crippen LogP contribution in [0.15, 0.2) is 53.2 Å². The molecule has 1 fully saturated rings. The van der Waals surface area contributed by atoms with Crippen LogP contribution in [-0.4, -0.2) is 26.6 Å². The van der Waals surface area contributed by atoms with E-state index >= 15 is 0 Å². The van der Waals surface area contributed by atoms with Gasteiger partial charge < -0.3 is 4.52 Å². The maximum atomic E-state index is 9.07. The van der Waals surface area contributed by atoms with Crippen LogP contribution in [0.2, 0.25) is 0 Å². The van der Waals surface area contributed by atoms with Crippen LogP contribution in [0.5, 0.6) is 0 Å². The second-order valence-corrected chi connectivity index (χ2v) is 6.45. The lowest BCUT2D eigenvalue weighted by molar-refractivity contribution is 0.110. The predicted molar refractivity (Wildman–Crippen MR) is 95.7 cm³/mol. The number of pyridine rings is 1. The molecule has 0 bridgehead atoms. The van der Waals surface area contributed by atoms with Crippen LogP contribution in [0.4, 0.5) is 0 Å². The van der Waals surface area contributed by atoms with Crippen LogP contribution < -0.4 is 0 Å². The Morgan fingerprint density at radius 2 is 2.15 bits per heavy atom. The zero-order valence-corrected chi connectivity index (χ0v) is 14.4. The number of hydrogen-bond donors (Lipinski definition) is 0. The van der Waals surface area contributed by atoms with Gasteiger partial charge in [-0.3, -0.25) is 9.88 Å². The van der Waals surface area contributed by atoms with Crippen molar-refractivity contribution in [2.45, 2.75) is 31.8 Å². The molecule has 0 spiro atoms. The van der Waals surface area contributed by atoms with Gasteiger partial charge in [0, 0.05) is 18.3 Å². The Bertz CT molecular complexity index is 915. The molecule has 1 aliphatic rings. The fraction of sp³-hybridized carbons (Fsp3) is 0.300.